The van der Waals surface area contributed by atoms with Gasteiger partial charge in [0.2, 0.25) is 0 Å². The number of hydrogen-bond acceptors (Lipinski definition) is 8. The average Bonchev–Trinajstić information content (AvgIpc) is 3.80. The summed E-state index contributed by atoms with van der Waals surface area (Å²) in [7, 11) is 0. The topological polar surface area (TPSA) is 136 Å². The van der Waals surface area contributed by atoms with E-state index in [0.29, 0.717) is 40.9 Å². The molecule has 0 atom stereocenters. The third-order valence-electron chi connectivity index (χ3n) is 9.01. The summed E-state index contributed by atoms with van der Waals surface area (Å²) in [6.45, 7) is 7.70. The second-order valence-corrected chi connectivity index (χ2v) is 11.8. The summed E-state index contributed by atoms with van der Waals surface area (Å²) >= 11 is 0. The van der Waals surface area contributed by atoms with Gasteiger partial charge < -0.3 is 29.6 Å². The summed E-state index contributed by atoms with van der Waals surface area (Å²) in [5, 5.41) is 11.1. The van der Waals surface area contributed by atoms with Crippen LogP contribution < -0.4 is 20.9 Å². The fraction of sp³-hybridized carbons (Fsp3) is 0.333. The average molecular weight is 623 g/mol. The maximum absolute atomic E-state index is 13.1. The fourth-order valence-corrected chi connectivity index (χ4v) is 6.49. The van der Waals surface area contributed by atoms with Gasteiger partial charge in [0.15, 0.2) is 5.56 Å². The number of pyridine rings is 2. The number of aromatic hydroxyl groups is 1. The standard InChI is InChI=1S/C36H38N4O6/c1-3-22-21-28(33(42)37-30(22)23-9-13-25(14-10-23)39-17-5-6-18-39)35(44)46-36(45)29-32(41)27(4-2)31(38-34(29)43)24-11-15-26(16-12-24)40-19-7-8-20-40/h9-16,21H,3-8,17-20H2,1-2H3,(H,37,42)(H2,38,41,43). The van der Waals surface area contributed by atoms with Gasteiger partial charge in [-0.3, -0.25) is 9.59 Å². The Morgan fingerprint density at radius 3 is 1.72 bits per heavy atom. The largest absolute Gasteiger partial charge is 0.506 e. The molecule has 3 N–H and O–H groups in total. The molecule has 0 spiro atoms. The second kappa shape index (κ2) is 13.1. The van der Waals surface area contributed by atoms with Gasteiger partial charge in [-0.15, -0.1) is 0 Å². The third-order valence-corrected chi connectivity index (χ3v) is 9.01. The van der Waals surface area contributed by atoms with Crippen LogP contribution in [0.4, 0.5) is 11.4 Å². The molecule has 2 saturated heterocycles. The zero-order chi connectivity index (χ0) is 32.4. The Hall–Kier alpha value is -5.12. The highest BCUT2D eigenvalue weighted by molar-refractivity contribution is 6.04. The van der Waals surface area contributed by atoms with Crippen LogP contribution in [-0.4, -0.2) is 53.2 Å². The number of nitrogens with zero attached hydrogens (tertiary/aromatic N) is 2. The van der Waals surface area contributed by atoms with Gasteiger partial charge in [0.25, 0.3) is 11.1 Å². The molecule has 0 saturated carbocycles. The van der Waals surface area contributed by atoms with Crippen molar-refractivity contribution in [2.45, 2.75) is 52.4 Å². The molecule has 0 radical (unpaired) electrons. The lowest BCUT2D eigenvalue weighted by atomic mass is 10.00. The molecular formula is C36H38N4O6. The van der Waals surface area contributed by atoms with Gasteiger partial charge >= 0.3 is 11.9 Å². The van der Waals surface area contributed by atoms with Crippen molar-refractivity contribution in [3.8, 4) is 28.3 Å². The summed E-state index contributed by atoms with van der Waals surface area (Å²) in [5.74, 6) is -3.11. The van der Waals surface area contributed by atoms with Crippen molar-refractivity contribution in [2.24, 2.45) is 0 Å². The monoisotopic (exact) mass is 622 g/mol. The van der Waals surface area contributed by atoms with E-state index in [1.165, 1.54) is 18.9 Å². The van der Waals surface area contributed by atoms with Gasteiger partial charge in [0.1, 0.15) is 11.3 Å². The first kappa shape index (κ1) is 30.9. The van der Waals surface area contributed by atoms with E-state index in [1.54, 1.807) is 6.92 Å². The van der Waals surface area contributed by atoms with Crippen LogP contribution in [0.15, 0.2) is 64.2 Å². The minimum absolute atomic E-state index is 0.292. The van der Waals surface area contributed by atoms with Crippen LogP contribution in [0.1, 0.15) is 71.4 Å². The number of aromatic nitrogens is 2. The van der Waals surface area contributed by atoms with Gasteiger partial charge in [0.05, 0.1) is 11.4 Å². The molecule has 0 amide bonds. The summed E-state index contributed by atoms with van der Waals surface area (Å²) in [4.78, 5) is 62.5. The molecular weight excluding hydrogens is 584 g/mol. The molecule has 2 fully saturated rings. The van der Waals surface area contributed by atoms with Gasteiger partial charge in [-0.1, -0.05) is 38.1 Å². The molecule has 2 aromatic heterocycles. The van der Waals surface area contributed by atoms with Crippen LogP contribution in [-0.2, 0) is 17.6 Å². The SMILES string of the molecule is CCc1cc(C(=O)OC(=O)c2c(O)c(CC)c(-c3ccc(N4CCCC4)cc3)[nH]c2=O)c(=O)[nH]c1-c1ccc(N2CCCC2)cc1. The normalized spacial score (nSPS) is 14.6. The zero-order valence-electron chi connectivity index (χ0n) is 26.2. The number of rotatable bonds is 8. The summed E-state index contributed by atoms with van der Waals surface area (Å²) < 4.78 is 5.01. The Labute approximate surface area is 266 Å². The van der Waals surface area contributed by atoms with Crippen molar-refractivity contribution in [3.05, 3.63) is 97.6 Å². The number of hydrogen-bond donors (Lipinski definition) is 3. The molecule has 2 aliphatic rings. The van der Waals surface area contributed by atoms with Crippen LogP contribution >= 0.6 is 0 Å². The maximum atomic E-state index is 13.1. The van der Waals surface area contributed by atoms with Crippen molar-refractivity contribution >= 4 is 23.3 Å². The Morgan fingerprint density at radius 1 is 0.717 bits per heavy atom. The van der Waals surface area contributed by atoms with Crippen molar-refractivity contribution in [3.63, 3.8) is 0 Å². The molecule has 0 aliphatic carbocycles. The lowest BCUT2D eigenvalue weighted by molar-refractivity contribution is 0.0393. The number of aryl methyl sites for hydroxylation is 1. The molecule has 4 heterocycles. The van der Waals surface area contributed by atoms with Crippen LogP contribution in [0, 0.1) is 0 Å². The third kappa shape index (κ3) is 5.94. The molecule has 10 heteroatoms. The van der Waals surface area contributed by atoms with E-state index < -0.39 is 34.4 Å². The number of carbonyl (C=O) groups is 2. The van der Waals surface area contributed by atoms with Crippen LogP contribution in [0.3, 0.4) is 0 Å². The second-order valence-electron chi connectivity index (χ2n) is 11.8. The first-order valence-corrected chi connectivity index (χ1v) is 16.0. The Balaban J connectivity index is 1.24. The lowest BCUT2D eigenvalue weighted by Crippen LogP contribution is -2.27. The lowest BCUT2D eigenvalue weighted by Gasteiger charge is -2.18. The summed E-state index contributed by atoms with van der Waals surface area (Å²) in [5.41, 5.74) is 2.95. The number of anilines is 2. The van der Waals surface area contributed by atoms with Gasteiger partial charge in [0, 0.05) is 43.1 Å². The van der Waals surface area contributed by atoms with E-state index >= 15 is 0 Å². The highest BCUT2D eigenvalue weighted by Gasteiger charge is 2.27. The Kier molecular flexibility index (Phi) is 8.78. The van der Waals surface area contributed by atoms with Crippen LogP contribution in [0.25, 0.3) is 22.5 Å². The Bertz CT molecular complexity index is 1880. The fourth-order valence-electron chi connectivity index (χ4n) is 6.49. The van der Waals surface area contributed by atoms with Gasteiger partial charge in [-0.25, -0.2) is 9.59 Å². The molecule has 238 valence electrons. The van der Waals surface area contributed by atoms with E-state index in [4.69, 9.17) is 4.74 Å². The van der Waals surface area contributed by atoms with E-state index in [2.05, 4.69) is 19.8 Å². The van der Waals surface area contributed by atoms with Crippen LogP contribution in [0.5, 0.6) is 5.75 Å². The van der Waals surface area contributed by atoms with E-state index in [0.717, 1.165) is 56.0 Å². The smallest absolute Gasteiger partial charge is 0.355 e. The molecule has 2 aliphatic heterocycles. The van der Waals surface area contributed by atoms with Crippen molar-refractivity contribution < 1.29 is 19.4 Å². The number of nitrogens with one attached hydrogen (secondary N) is 2. The van der Waals surface area contributed by atoms with Gasteiger partial charge in [-0.05, 0) is 85.5 Å². The molecule has 46 heavy (non-hydrogen) atoms. The maximum Gasteiger partial charge on any atom is 0.355 e. The highest BCUT2D eigenvalue weighted by atomic mass is 16.6. The first-order chi connectivity index (χ1) is 22.3. The van der Waals surface area contributed by atoms with Crippen molar-refractivity contribution in [2.75, 3.05) is 36.0 Å². The quantitative estimate of drug-likeness (QED) is 0.175. The number of ether oxygens (including phenoxy) is 1. The molecule has 4 aromatic rings. The van der Waals surface area contributed by atoms with Gasteiger partial charge in [-0.2, -0.15) is 0 Å². The van der Waals surface area contributed by atoms with Crippen molar-refractivity contribution in [1.82, 2.24) is 9.97 Å². The van der Waals surface area contributed by atoms with E-state index in [9.17, 15) is 24.3 Å². The summed E-state index contributed by atoms with van der Waals surface area (Å²) in [6, 6.07) is 17.0. The number of H-pyrrole nitrogens is 2. The molecule has 6 rings (SSSR count). The Morgan fingerprint density at radius 2 is 1.22 bits per heavy atom. The summed E-state index contributed by atoms with van der Waals surface area (Å²) in [6.07, 6.45) is 5.42. The predicted molar refractivity (Wildman–Crippen MR) is 178 cm³/mol. The minimum Gasteiger partial charge on any atom is -0.506 e. The molecule has 2 aromatic carbocycles. The first-order valence-electron chi connectivity index (χ1n) is 16.0. The molecule has 0 unspecified atom stereocenters. The van der Waals surface area contributed by atoms with Crippen LogP contribution in [0.2, 0.25) is 0 Å². The van der Waals surface area contributed by atoms with E-state index in [-0.39, 0.29) is 5.56 Å². The number of carbonyl (C=O) groups excluding carboxylic acids is 2. The molecule has 10 nitrogen and oxygen atoms in total. The predicted octanol–water partition coefficient (Wildman–Crippen LogP) is 5.43. The highest BCUT2D eigenvalue weighted by Crippen LogP contribution is 2.32. The number of esters is 2. The zero-order valence-corrected chi connectivity index (χ0v) is 26.2. The molecule has 0 bridgehead atoms. The number of benzene rings is 2. The minimum atomic E-state index is -1.34. The van der Waals surface area contributed by atoms with E-state index in [1.807, 2.05) is 55.5 Å². The van der Waals surface area contributed by atoms with Crippen molar-refractivity contribution in [1.29, 1.82) is 0 Å². The number of aromatic amines is 2.